The number of carboxylic acids is 1. The molecular weight excluding hydrogens is 575 g/mol. The molecule has 2 aromatic rings. The molecule has 0 spiro atoms. The van der Waals surface area contributed by atoms with E-state index in [2.05, 4.69) is 10.6 Å². The molecule has 0 radical (unpaired) electrons. The number of aromatic nitrogens is 1. The van der Waals surface area contributed by atoms with Crippen molar-refractivity contribution < 1.29 is 41.8 Å². The van der Waals surface area contributed by atoms with E-state index in [-0.39, 0.29) is 6.61 Å². The van der Waals surface area contributed by atoms with Crippen LogP contribution in [0.5, 0.6) is 0 Å². The van der Waals surface area contributed by atoms with Crippen LogP contribution in [0.15, 0.2) is 47.4 Å². The Balaban J connectivity index is 2.30. The van der Waals surface area contributed by atoms with Gasteiger partial charge in [0, 0.05) is 6.20 Å². The molecule has 3 N–H and O–H groups in total. The molecule has 42 heavy (non-hydrogen) atoms. The molecule has 0 aliphatic carbocycles. The lowest BCUT2D eigenvalue weighted by Crippen LogP contribution is -2.59. The zero-order chi connectivity index (χ0) is 32.0. The van der Waals surface area contributed by atoms with Crippen molar-refractivity contribution in [2.45, 2.75) is 84.2 Å². The Kier molecular flexibility index (Phi) is 11.1. The highest BCUT2D eigenvalue weighted by Crippen LogP contribution is 2.41. The van der Waals surface area contributed by atoms with E-state index < -0.39 is 78.9 Å². The van der Waals surface area contributed by atoms with Crippen LogP contribution in [0, 0.1) is 5.92 Å². The first-order chi connectivity index (χ1) is 19.2. The lowest BCUT2D eigenvalue weighted by atomic mass is 9.98. The summed E-state index contributed by atoms with van der Waals surface area (Å²) < 4.78 is 54.3. The largest absolute Gasteiger partial charge is 0.478 e. The molecule has 10 nitrogen and oxygen atoms in total. The SMILES string of the molecule is CC(C)C(NC(=O)Cn1ccc(C(=O)O)c(NC(=O)OCc2ccccc2)c1=O)C(O[Si](C)(C)C(C)(C)C)C(F)(F)F. The van der Waals surface area contributed by atoms with Gasteiger partial charge in [-0.05, 0) is 35.7 Å². The summed E-state index contributed by atoms with van der Waals surface area (Å²) in [7, 11) is -2.92. The number of hydrogen-bond donors (Lipinski definition) is 3. The summed E-state index contributed by atoms with van der Waals surface area (Å²) in [6, 6.07) is 8.10. The van der Waals surface area contributed by atoms with Crippen LogP contribution in [0.2, 0.25) is 18.1 Å². The maximum Gasteiger partial charge on any atom is 0.415 e. The van der Waals surface area contributed by atoms with Crippen molar-refractivity contribution in [2.75, 3.05) is 5.32 Å². The molecule has 1 aromatic heterocycles. The Bertz CT molecular complexity index is 1320. The van der Waals surface area contributed by atoms with Crippen molar-refractivity contribution in [2.24, 2.45) is 5.92 Å². The number of alkyl halides is 3. The summed E-state index contributed by atoms with van der Waals surface area (Å²) in [6.07, 6.45) is -7.21. The number of amides is 2. The number of carbonyl (C=O) groups excluding carboxylic acids is 2. The first kappa shape index (κ1) is 34.5. The van der Waals surface area contributed by atoms with Crippen LogP contribution < -0.4 is 16.2 Å². The molecule has 0 bridgehead atoms. The summed E-state index contributed by atoms with van der Waals surface area (Å²) in [5, 5.41) is 13.4. The number of aromatic carboxylic acids is 1. The van der Waals surface area contributed by atoms with Crippen LogP contribution in [-0.2, 0) is 27.1 Å². The predicted molar refractivity (Wildman–Crippen MR) is 153 cm³/mol. The smallest absolute Gasteiger partial charge is 0.415 e. The molecule has 0 saturated carbocycles. The van der Waals surface area contributed by atoms with Gasteiger partial charge < -0.3 is 24.2 Å². The maximum atomic E-state index is 14.2. The second kappa shape index (κ2) is 13.5. The van der Waals surface area contributed by atoms with E-state index >= 15 is 0 Å². The van der Waals surface area contributed by atoms with Crippen LogP contribution in [-0.4, -0.2) is 54.3 Å². The minimum absolute atomic E-state index is 0.160. The first-order valence-corrected chi connectivity index (χ1v) is 16.1. The number of hydrogen-bond acceptors (Lipinski definition) is 6. The van der Waals surface area contributed by atoms with Crippen molar-refractivity contribution >= 4 is 32.0 Å². The highest BCUT2D eigenvalue weighted by molar-refractivity contribution is 6.74. The van der Waals surface area contributed by atoms with E-state index in [0.29, 0.717) is 5.56 Å². The molecule has 2 rings (SSSR count). The highest BCUT2D eigenvalue weighted by Gasteiger charge is 2.52. The number of nitrogens with zero attached hydrogens (tertiary/aromatic N) is 1. The van der Waals surface area contributed by atoms with Gasteiger partial charge in [0.1, 0.15) is 18.8 Å². The van der Waals surface area contributed by atoms with E-state index in [0.717, 1.165) is 16.8 Å². The number of nitrogens with one attached hydrogen (secondary N) is 2. The van der Waals surface area contributed by atoms with Crippen LogP contribution in [0.1, 0.15) is 50.5 Å². The second-order valence-electron chi connectivity index (χ2n) is 11.7. The van der Waals surface area contributed by atoms with Crippen LogP contribution in [0.3, 0.4) is 0 Å². The van der Waals surface area contributed by atoms with Crippen LogP contribution >= 0.6 is 0 Å². The summed E-state index contributed by atoms with van der Waals surface area (Å²) in [5.74, 6) is -3.17. The van der Waals surface area contributed by atoms with Gasteiger partial charge in [-0.25, -0.2) is 9.59 Å². The Hall–Kier alpha value is -3.65. The van der Waals surface area contributed by atoms with Crippen LogP contribution in [0.25, 0.3) is 0 Å². The van der Waals surface area contributed by atoms with E-state index in [4.69, 9.17) is 9.16 Å². The third-order valence-corrected chi connectivity index (χ3v) is 11.5. The fourth-order valence-corrected chi connectivity index (χ4v) is 4.94. The minimum Gasteiger partial charge on any atom is -0.478 e. The first-order valence-electron chi connectivity index (χ1n) is 13.2. The number of ether oxygens (including phenoxy) is 1. The number of pyridine rings is 1. The molecule has 232 valence electrons. The summed E-state index contributed by atoms with van der Waals surface area (Å²) >= 11 is 0. The zero-order valence-corrected chi connectivity index (χ0v) is 25.7. The van der Waals surface area contributed by atoms with Crippen molar-refractivity contribution in [1.29, 1.82) is 0 Å². The average molecular weight is 614 g/mol. The lowest BCUT2D eigenvalue weighted by Gasteiger charge is -2.42. The summed E-state index contributed by atoms with van der Waals surface area (Å²) in [6.45, 7) is 10.9. The molecule has 2 unspecified atom stereocenters. The zero-order valence-electron chi connectivity index (χ0n) is 24.7. The number of anilines is 1. The second-order valence-corrected chi connectivity index (χ2v) is 16.5. The maximum absolute atomic E-state index is 14.2. The standard InChI is InChI=1S/C28H38F3N3O7Si/c1-17(2)21(23(28(29,30)31)41-42(6,7)27(3,4)5)32-20(35)15-34-14-13-19(25(37)38)22(24(34)36)33-26(39)40-16-18-11-9-8-10-12-18/h8-14,17,21,23H,15-16H2,1-7H3,(H,32,35)(H,33,39)(H,37,38). The quantitative estimate of drug-likeness (QED) is 0.289. The van der Waals surface area contributed by atoms with E-state index in [1.807, 2.05) is 0 Å². The van der Waals surface area contributed by atoms with Gasteiger partial charge in [0.2, 0.25) is 5.91 Å². The third kappa shape index (κ3) is 9.18. The molecule has 1 aromatic carbocycles. The summed E-state index contributed by atoms with van der Waals surface area (Å²) in [4.78, 5) is 50.1. The number of halogens is 3. The van der Waals surface area contributed by atoms with Gasteiger partial charge >= 0.3 is 18.2 Å². The Morgan fingerprint density at radius 1 is 1.05 bits per heavy atom. The topological polar surface area (TPSA) is 136 Å². The number of carbonyl (C=O) groups is 3. The van der Waals surface area contributed by atoms with E-state index in [1.54, 1.807) is 64.2 Å². The van der Waals surface area contributed by atoms with Crippen molar-refractivity contribution in [3.63, 3.8) is 0 Å². The summed E-state index contributed by atoms with van der Waals surface area (Å²) in [5.41, 5.74) is -1.64. The Labute approximate surface area is 243 Å². The average Bonchev–Trinajstić information content (AvgIpc) is 2.86. The van der Waals surface area contributed by atoms with Gasteiger partial charge in [-0.1, -0.05) is 65.0 Å². The van der Waals surface area contributed by atoms with Gasteiger partial charge in [-0.15, -0.1) is 0 Å². The van der Waals surface area contributed by atoms with Crippen LogP contribution in [0.4, 0.5) is 23.7 Å². The molecule has 2 amide bonds. The molecule has 0 saturated heterocycles. The fraction of sp³-hybridized carbons (Fsp3) is 0.500. The lowest BCUT2D eigenvalue weighted by molar-refractivity contribution is -0.210. The molecule has 0 aliphatic heterocycles. The molecule has 1 heterocycles. The molecular formula is C28H38F3N3O7Si. The van der Waals surface area contributed by atoms with Gasteiger partial charge in [-0.3, -0.25) is 14.9 Å². The van der Waals surface area contributed by atoms with Crippen molar-refractivity contribution in [3.8, 4) is 0 Å². The highest BCUT2D eigenvalue weighted by atomic mass is 28.4. The molecule has 0 aliphatic rings. The van der Waals surface area contributed by atoms with E-state index in [1.165, 1.54) is 13.8 Å². The molecule has 14 heteroatoms. The normalized spacial score (nSPS) is 13.8. The Morgan fingerprint density at radius 2 is 1.64 bits per heavy atom. The molecule has 0 fully saturated rings. The van der Waals surface area contributed by atoms with Crippen molar-refractivity contribution in [1.82, 2.24) is 9.88 Å². The minimum atomic E-state index is -4.80. The number of benzene rings is 1. The monoisotopic (exact) mass is 613 g/mol. The van der Waals surface area contributed by atoms with Gasteiger partial charge in [0.15, 0.2) is 14.4 Å². The van der Waals surface area contributed by atoms with Gasteiger partial charge in [0.25, 0.3) is 5.56 Å². The van der Waals surface area contributed by atoms with Gasteiger partial charge in [-0.2, -0.15) is 13.2 Å². The Morgan fingerprint density at radius 3 is 2.14 bits per heavy atom. The molecule has 2 atom stereocenters. The fourth-order valence-electron chi connectivity index (χ4n) is 3.68. The van der Waals surface area contributed by atoms with E-state index in [9.17, 15) is 37.5 Å². The van der Waals surface area contributed by atoms with Crippen molar-refractivity contribution in [3.05, 3.63) is 64.1 Å². The predicted octanol–water partition coefficient (Wildman–Crippen LogP) is 5.39. The van der Waals surface area contributed by atoms with Gasteiger partial charge in [0.05, 0.1) is 11.6 Å². The third-order valence-electron chi connectivity index (χ3n) is 7.07. The number of rotatable bonds is 11. The number of carboxylic acid groups (broad SMARTS) is 1.